The van der Waals surface area contributed by atoms with Crippen molar-refractivity contribution in [1.82, 2.24) is 0 Å². The van der Waals surface area contributed by atoms with E-state index in [-0.39, 0.29) is 23.1 Å². The van der Waals surface area contributed by atoms with Crippen LogP contribution in [-0.2, 0) is 10.1 Å². The van der Waals surface area contributed by atoms with Gasteiger partial charge in [0.15, 0.2) is 0 Å². The first-order valence-electron chi connectivity index (χ1n) is 10.7. The molecule has 0 aromatic heterocycles. The van der Waals surface area contributed by atoms with Crippen LogP contribution in [0.1, 0.15) is 31.0 Å². The second-order valence-electron chi connectivity index (χ2n) is 7.54. The molecule has 0 aliphatic heterocycles. The van der Waals surface area contributed by atoms with Crippen LogP contribution in [0.2, 0.25) is 0 Å². The van der Waals surface area contributed by atoms with E-state index in [9.17, 15) is 23.1 Å². The van der Waals surface area contributed by atoms with E-state index in [2.05, 4.69) is 0 Å². The molecule has 0 saturated carbocycles. The van der Waals surface area contributed by atoms with Gasteiger partial charge in [-0.15, -0.1) is 0 Å². The summed E-state index contributed by atoms with van der Waals surface area (Å²) in [5.41, 5.74) is 0.0878. The highest BCUT2D eigenvalue weighted by Gasteiger charge is 2.36. The molecule has 1 unspecified atom stereocenters. The van der Waals surface area contributed by atoms with Crippen molar-refractivity contribution in [1.29, 1.82) is 0 Å². The minimum atomic E-state index is -4.82. The van der Waals surface area contributed by atoms with Gasteiger partial charge in [0.05, 0.1) is 18.8 Å². The fourth-order valence-corrected chi connectivity index (χ4v) is 5.04. The number of ether oxygens (including phenoxy) is 2. The molecule has 9 heteroatoms. The summed E-state index contributed by atoms with van der Waals surface area (Å²) in [6, 6.07) is 16.4. The zero-order chi connectivity index (χ0) is 24.5. The van der Waals surface area contributed by atoms with Crippen LogP contribution in [0.5, 0.6) is 11.5 Å². The molecule has 0 aliphatic carbocycles. The molecular weight excluding hydrogens is 458 g/mol. The van der Waals surface area contributed by atoms with E-state index < -0.39 is 26.0 Å². The number of nitro groups is 1. The maximum atomic E-state index is 12.5. The van der Waals surface area contributed by atoms with Crippen molar-refractivity contribution >= 4 is 31.7 Å². The molecular formula is C25H23NO7S. The van der Waals surface area contributed by atoms with Gasteiger partial charge in [-0.3, -0.25) is 14.7 Å². The molecule has 1 atom stereocenters. The van der Waals surface area contributed by atoms with Gasteiger partial charge in [0.2, 0.25) is 0 Å². The predicted octanol–water partition coefficient (Wildman–Crippen LogP) is 5.40. The SMILES string of the molecule is CCOc1c2ccccc2c(OCC)c2c(C(c3ccccc3)[N+](=O)[O-])c(S(=O)(=O)O)ccc12. The Bertz CT molecular complexity index is 1480. The summed E-state index contributed by atoms with van der Waals surface area (Å²) in [5, 5.41) is 14.4. The summed E-state index contributed by atoms with van der Waals surface area (Å²) in [5.74, 6) is 0.745. The first-order valence-corrected chi connectivity index (χ1v) is 12.2. The van der Waals surface area contributed by atoms with E-state index in [0.29, 0.717) is 28.9 Å². The first kappa shape index (κ1) is 23.5. The minimum absolute atomic E-state index is 0.175. The number of nitrogens with zero attached hydrogens (tertiary/aromatic N) is 1. The lowest BCUT2D eigenvalue weighted by molar-refractivity contribution is -0.517. The summed E-state index contributed by atoms with van der Waals surface area (Å²) in [7, 11) is -4.82. The number of benzene rings is 4. The second kappa shape index (κ2) is 9.28. The van der Waals surface area contributed by atoms with E-state index in [1.807, 2.05) is 19.1 Å². The number of hydrogen-bond acceptors (Lipinski definition) is 6. The van der Waals surface area contributed by atoms with Gasteiger partial charge in [-0.1, -0.05) is 54.6 Å². The summed E-state index contributed by atoms with van der Waals surface area (Å²) in [4.78, 5) is 11.3. The molecule has 34 heavy (non-hydrogen) atoms. The van der Waals surface area contributed by atoms with Gasteiger partial charge < -0.3 is 9.47 Å². The maximum absolute atomic E-state index is 12.5. The van der Waals surface area contributed by atoms with Crippen LogP contribution >= 0.6 is 0 Å². The number of fused-ring (bicyclic) bond motifs is 2. The Labute approximate surface area is 196 Å². The average Bonchev–Trinajstić information content (AvgIpc) is 2.81. The highest BCUT2D eigenvalue weighted by molar-refractivity contribution is 7.85. The first-order chi connectivity index (χ1) is 16.3. The van der Waals surface area contributed by atoms with E-state index in [1.54, 1.807) is 49.4 Å². The van der Waals surface area contributed by atoms with Gasteiger partial charge in [0, 0.05) is 32.0 Å². The summed E-state index contributed by atoms with van der Waals surface area (Å²) in [6.45, 7) is 4.14. The largest absolute Gasteiger partial charge is 0.493 e. The normalized spacial score (nSPS) is 12.6. The summed E-state index contributed by atoms with van der Waals surface area (Å²) < 4.78 is 47.0. The lowest BCUT2D eigenvalue weighted by Gasteiger charge is -2.22. The third kappa shape index (κ3) is 4.04. The Kier molecular flexibility index (Phi) is 6.41. The van der Waals surface area contributed by atoms with Gasteiger partial charge >= 0.3 is 0 Å². The van der Waals surface area contributed by atoms with Crippen molar-refractivity contribution in [3.63, 3.8) is 0 Å². The molecule has 0 amide bonds. The molecule has 0 saturated heterocycles. The standard InChI is InChI=1S/C25H23NO7S/c1-3-32-24-17-12-8-9-13-18(17)25(33-4-2)21-19(24)14-15-20(34(29,30)31)22(21)23(26(27)28)16-10-6-5-7-11-16/h5-15,23H,3-4H2,1-2H3,(H,29,30,31). The van der Waals surface area contributed by atoms with Gasteiger partial charge in [-0.05, 0) is 26.0 Å². The Morgan fingerprint density at radius 2 is 1.41 bits per heavy atom. The topological polar surface area (TPSA) is 116 Å². The summed E-state index contributed by atoms with van der Waals surface area (Å²) >= 11 is 0. The van der Waals surface area contributed by atoms with Crippen LogP contribution in [0.15, 0.2) is 71.6 Å². The number of rotatable bonds is 8. The van der Waals surface area contributed by atoms with E-state index in [4.69, 9.17) is 9.47 Å². The van der Waals surface area contributed by atoms with E-state index in [1.165, 1.54) is 12.1 Å². The molecule has 0 radical (unpaired) electrons. The van der Waals surface area contributed by atoms with Crippen molar-refractivity contribution in [2.45, 2.75) is 24.8 Å². The molecule has 0 bridgehead atoms. The maximum Gasteiger partial charge on any atom is 0.295 e. The van der Waals surface area contributed by atoms with Crippen LogP contribution in [0.25, 0.3) is 21.5 Å². The van der Waals surface area contributed by atoms with Crippen molar-refractivity contribution in [2.24, 2.45) is 0 Å². The lowest BCUT2D eigenvalue weighted by atomic mass is 9.90. The zero-order valence-electron chi connectivity index (χ0n) is 18.6. The van der Waals surface area contributed by atoms with Gasteiger partial charge in [0.25, 0.3) is 16.2 Å². The van der Waals surface area contributed by atoms with E-state index in [0.717, 1.165) is 5.39 Å². The zero-order valence-corrected chi connectivity index (χ0v) is 19.4. The molecule has 0 heterocycles. The Balaban J connectivity index is 2.31. The second-order valence-corrected chi connectivity index (χ2v) is 8.93. The van der Waals surface area contributed by atoms with Crippen molar-refractivity contribution in [2.75, 3.05) is 13.2 Å². The van der Waals surface area contributed by atoms with Crippen LogP contribution < -0.4 is 9.47 Å². The molecule has 0 fully saturated rings. The fourth-order valence-electron chi connectivity index (χ4n) is 4.31. The van der Waals surface area contributed by atoms with Crippen LogP contribution in [0, 0.1) is 10.1 Å². The highest BCUT2D eigenvalue weighted by atomic mass is 32.2. The molecule has 0 spiro atoms. The summed E-state index contributed by atoms with van der Waals surface area (Å²) in [6.07, 6.45) is 0. The van der Waals surface area contributed by atoms with Gasteiger partial charge in [0.1, 0.15) is 16.4 Å². The molecule has 176 valence electrons. The van der Waals surface area contributed by atoms with Crippen LogP contribution in [0.4, 0.5) is 0 Å². The van der Waals surface area contributed by atoms with Crippen LogP contribution in [-0.4, -0.2) is 31.1 Å². The van der Waals surface area contributed by atoms with Gasteiger partial charge in [-0.2, -0.15) is 8.42 Å². The third-order valence-electron chi connectivity index (χ3n) is 5.55. The van der Waals surface area contributed by atoms with Crippen molar-refractivity contribution in [3.8, 4) is 11.5 Å². The molecule has 8 nitrogen and oxygen atoms in total. The quantitative estimate of drug-likeness (QED) is 0.155. The average molecular weight is 482 g/mol. The molecule has 4 rings (SSSR count). The third-order valence-corrected chi connectivity index (χ3v) is 6.46. The monoisotopic (exact) mass is 481 g/mol. The smallest absolute Gasteiger partial charge is 0.295 e. The van der Waals surface area contributed by atoms with Crippen molar-refractivity contribution < 1.29 is 27.4 Å². The Morgan fingerprint density at radius 1 is 0.853 bits per heavy atom. The molecule has 4 aromatic rings. The van der Waals surface area contributed by atoms with Crippen molar-refractivity contribution in [3.05, 3.63) is 88.0 Å². The van der Waals surface area contributed by atoms with E-state index >= 15 is 0 Å². The highest BCUT2D eigenvalue weighted by Crippen LogP contribution is 2.48. The lowest BCUT2D eigenvalue weighted by Crippen LogP contribution is -2.17. The number of hydrogen-bond donors (Lipinski definition) is 1. The Hall–Kier alpha value is -3.69. The molecule has 1 N–H and O–H groups in total. The predicted molar refractivity (Wildman–Crippen MR) is 129 cm³/mol. The van der Waals surface area contributed by atoms with Gasteiger partial charge in [-0.25, -0.2) is 0 Å². The minimum Gasteiger partial charge on any atom is -0.493 e. The molecule has 4 aromatic carbocycles. The molecule has 0 aliphatic rings. The fraction of sp³-hybridized carbons (Fsp3) is 0.200. The Morgan fingerprint density at radius 3 is 1.97 bits per heavy atom. The van der Waals surface area contributed by atoms with Crippen LogP contribution in [0.3, 0.4) is 0 Å².